The summed E-state index contributed by atoms with van der Waals surface area (Å²) in [6, 6.07) is 6.21. The molecule has 5 nitrogen and oxygen atoms in total. The van der Waals surface area contributed by atoms with E-state index in [9.17, 15) is 18.3 Å². The maximum atomic E-state index is 12.6. The zero-order valence-corrected chi connectivity index (χ0v) is 14.2. The average molecular weight is 366 g/mol. The molecule has 0 radical (unpaired) electrons. The molecule has 2 aromatic rings. The van der Waals surface area contributed by atoms with Crippen molar-refractivity contribution in [2.24, 2.45) is 0 Å². The molecule has 8 heteroatoms. The zero-order chi connectivity index (χ0) is 18.6. The van der Waals surface area contributed by atoms with Crippen molar-refractivity contribution in [2.45, 2.75) is 31.5 Å². The number of rotatable bonds is 5. The van der Waals surface area contributed by atoms with E-state index in [-0.39, 0.29) is 6.54 Å². The van der Waals surface area contributed by atoms with E-state index in [1.165, 1.54) is 18.6 Å². The molecule has 140 valence electrons. The third-order valence-electron chi connectivity index (χ3n) is 4.38. The summed E-state index contributed by atoms with van der Waals surface area (Å²) in [5, 5.41) is 13.2. The van der Waals surface area contributed by atoms with Gasteiger partial charge in [-0.2, -0.15) is 18.2 Å². The molecular formula is C18H21F3N4O. The van der Waals surface area contributed by atoms with Crippen LogP contribution in [0.2, 0.25) is 0 Å². The van der Waals surface area contributed by atoms with Crippen LogP contribution >= 0.6 is 0 Å². The third-order valence-corrected chi connectivity index (χ3v) is 4.38. The van der Waals surface area contributed by atoms with Crippen molar-refractivity contribution in [2.75, 3.05) is 29.9 Å². The van der Waals surface area contributed by atoms with Crippen molar-refractivity contribution in [3.63, 3.8) is 0 Å². The van der Waals surface area contributed by atoms with Crippen molar-refractivity contribution < 1.29 is 18.3 Å². The topological polar surface area (TPSA) is 61.3 Å². The van der Waals surface area contributed by atoms with E-state index in [2.05, 4.69) is 20.2 Å². The highest BCUT2D eigenvalue weighted by molar-refractivity contribution is 5.42. The number of aliphatic hydroxyl groups excluding tert-OH is 1. The fourth-order valence-electron chi connectivity index (χ4n) is 2.91. The molecule has 1 aliphatic rings. The van der Waals surface area contributed by atoms with Crippen LogP contribution in [0.4, 0.5) is 24.9 Å². The average Bonchev–Trinajstić information content (AvgIpc) is 2.66. The molecule has 1 unspecified atom stereocenters. The van der Waals surface area contributed by atoms with Gasteiger partial charge in [-0.05, 0) is 43.0 Å². The minimum Gasteiger partial charge on any atom is -0.387 e. The second-order valence-electron chi connectivity index (χ2n) is 6.31. The van der Waals surface area contributed by atoms with E-state index in [0.29, 0.717) is 17.3 Å². The summed E-state index contributed by atoms with van der Waals surface area (Å²) >= 11 is 0. The van der Waals surface area contributed by atoms with Crippen LogP contribution in [-0.2, 0) is 6.18 Å². The maximum absolute atomic E-state index is 12.6. The smallest absolute Gasteiger partial charge is 0.387 e. The Balaban J connectivity index is 1.59. The molecule has 1 fully saturated rings. The number of aliphatic hydroxyl groups is 1. The van der Waals surface area contributed by atoms with Crippen molar-refractivity contribution in [3.05, 3.63) is 47.7 Å². The first-order valence-electron chi connectivity index (χ1n) is 8.60. The summed E-state index contributed by atoms with van der Waals surface area (Å²) in [6.07, 6.45) is -0.211. The highest BCUT2D eigenvalue weighted by atomic mass is 19.4. The summed E-state index contributed by atoms with van der Waals surface area (Å²) in [5.74, 6) is 1.23. The number of benzene rings is 1. The van der Waals surface area contributed by atoms with Crippen LogP contribution in [0.25, 0.3) is 0 Å². The molecule has 1 aromatic carbocycles. The lowest BCUT2D eigenvalue weighted by Crippen LogP contribution is -2.31. The summed E-state index contributed by atoms with van der Waals surface area (Å²) < 4.78 is 37.8. The van der Waals surface area contributed by atoms with Crippen molar-refractivity contribution >= 4 is 11.8 Å². The zero-order valence-electron chi connectivity index (χ0n) is 14.2. The molecule has 26 heavy (non-hydrogen) atoms. The van der Waals surface area contributed by atoms with Gasteiger partial charge in [-0.25, -0.2) is 4.98 Å². The summed E-state index contributed by atoms with van der Waals surface area (Å²) in [4.78, 5) is 10.9. The second kappa shape index (κ2) is 7.90. The van der Waals surface area contributed by atoms with Crippen LogP contribution in [0.15, 0.2) is 36.5 Å². The SMILES string of the molecule is OC(CNc1ccnc(N2CCCCC2)n1)c1ccc(C(F)(F)F)cc1. The molecule has 2 heterocycles. The summed E-state index contributed by atoms with van der Waals surface area (Å²) in [7, 11) is 0. The maximum Gasteiger partial charge on any atom is 0.416 e. The molecule has 0 aliphatic carbocycles. The van der Waals surface area contributed by atoms with Gasteiger partial charge in [0.1, 0.15) is 5.82 Å². The Morgan fingerprint density at radius 1 is 1.08 bits per heavy atom. The predicted octanol–water partition coefficient (Wildman–Crippen LogP) is 3.63. The molecule has 1 saturated heterocycles. The van der Waals surface area contributed by atoms with Gasteiger partial charge in [0.05, 0.1) is 11.7 Å². The van der Waals surface area contributed by atoms with Gasteiger partial charge in [-0.3, -0.25) is 0 Å². The molecule has 0 spiro atoms. The number of alkyl halides is 3. The van der Waals surface area contributed by atoms with E-state index in [4.69, 9.17) is 0 Å². The van der Waals surface area contributed by atoms with Gasteiger partial charge in [0.25, 0.3) is 0 Å². The normalized spacial score (nSPS) is 16.4. The van der Waals surface area contributed by atoms with Crippen LogP contribution in [-0.4, -0.2) is 34.7 Å². The molecule has 3 rings (SSSR count). The number of halogens is 3. The van der Waals surface area contributed by atoms with Crippen molar-refractivity contribution in [3.8, 4) is 0 Å². The molecule has 1 atom stereocenters. The van der Waals surface area contributed by atoms with Gasteiger partial charge in [-0.15, -0.1) is 0 Å². The van der Waals surface area contributed by atoms with Gasteiger partial charge in [-0.1, -0.05) is 12.1 Å². The van der Waals surface area contributed by atoms with Crippen LogP contribution in [0, 0.1) is 0 Å². The fourth-order valence-corrected chi connectivity index (χ4v) is 2.91. The lowest BCUT2D eigenvalue weighted by molar-refractivity contribution is -0.137. The molecule has 0 bridgehead atoms. The predicted molar refractivity (Wildman–Crippen MR) is 93.0 cm³/mol. The monoisotopic (exact) mass is 366 g/mol. The number of nitrogens with zero attached hydrogens (tertiary/aromatic N) is 3. The van der Waals surface area contributed by atoms with E-state index in [1.54, 1.807) is 12.3 Å². The first-order valence-corrected chi connectivity index (χ1v) is 8.60. The number of hydrogen-bond acceptors (Lipinski definition) is 5. The lowest BCUT2D eigenvalue weighted by Gasteiger charge is -2.26. The van der Waals surface area contributed by atoms with Gasteiger partial charge < -0.3 is 15.3 Å². The highest BCUT2D eigenvalue weighted by Crippen LogP contribution is 2.30. The van der Waals surface area contributed by atoms with E-state index >= 15 is 0 Å². The largest absolute Gasteiger partial charge is 0.416 e. The molecular weight excluding hydrogens is 345 g/mol. The number of piperidine rings is 1. The van der Waals surface area contributed by atoms with Gasteiger partial charge in [0.15, 0.2) is 0 Å². The number of anilines is 2. The Bertz CT molecular complexity index is 715. The number of hydrogen-bond donors (Lipinski definition) is 2. The Morgan fingerprint density at radius 2 is 1.77 bits per heavy atom. The first kappa shape index (κ1) is 18.4. The van der Waals surface area contributed by atoms with E-state index in [0.717, 1.165) is 38.1 Å². The van der Waals surface area contributed by atoms with Gasteiger partial charge >= 0.3 is 6.18 Å². The summed E-state index contributed by atoms with van der Waals surface area (Å²) in [6.45, 7) is 2.00. The Morgan fingerprint density at radius 3 is 2.42 bits per heavy atom. The van der Waals surface area contributed by atoms with Crippen molar-refractivity contribution in [1.29, 1.82) is 0 Å². The third kappa shape index (κ3) is 4.63. The second-order valence-corrected chi connectivity index (χ2v) is 6.31. The van der Waals surface area contributed by atoms with Gasteiger partial charge in [0.2, 0.25) is 5.95 Å². The minimum atomic E-state index is -4.38. The fraction of sp³-hybridized carbons (Fsp3) is 0.444. The Hall–Kier alpha value is -2.35. The summed E-state index contributed by atoms with van der Waals surface area (Å²) in [5.41, 5.74) is -0.320. The highest BCUT2D eigenvalue weighted by Gasteiger charge is 2.30. The standard InChI is InChI=1S/C18H21F3N4O/c19-18(20,21)14-6-4-13(5-7-14)15(26)12-23-16-8-9-22-17(24-16)25-10-2-1-3-11-25/h4-9,15,26H,1-3,10-12H2,(H,22,23,24). The molecule has 1 aliphatic heterocycles. The molecule has 2 N–H and O–H groups in total. The quantitative estimate of drug-likeness (QED) is 0.846. The Kier molecular flexibility index (Phi) is 5.61. The van der Waals surface area contributed by atoms with E-state index in [1.807, 2.05) is 0 Å². The molecule has 0 amide bonds. The lowest BCUT2D eigenvalue weighted by atomic mass is 10.1. The first-order chi connectivity index (χ1) is 12.4. The molecule has 0 saturated carbocycles. The number of nitrogens with one attached hydrogen (secondary N) is 1. The van der Waals surface area contributed by atoms with Crippen LogP contribution in [0.3, 0.4) is 0 Å². The minimum absolute atomic E-state index is 0.141. The molecule has 1 aromatic heterocycles. The number of aromatic nitrogens is 2. The van der Waals surface area contributed by atoms with Gasteiger partial charge in [0, 0.05) is 25.8 Å². The van der Waals surface area contributed by atoms with Crippen LogP contribution in [0.1, 0.15) is 36.5 Å². The van der Waals surface area contributed by atoms with E-state index < -0.39 is 17.8 Å². The van der Waals surface area contributed by atoms with Crippen LogP contribution < -0.4 is 10.2 Å². The van der Waals surface area contributed by atoms with Crippen LogP contribution in [0.5, 0.6) is 0 Å². The van der Waals surface area contributed by atoms with Crippen molar-refractivity contribution in [1.82, 2.24) is 9.97 Å². The Labute approximate surface area is 149 Å².